The number of rotatable bonds is 6. The van der Waals surface area contributed by atoms with Crippen LogP contribution in [0.5, 0.6) is 0 Å². The highest BCUT2D eigenvalue weighted by Crippen LogP contribution is 2.30. The molecule has 1 fully saturated rings. The molecule has 0 aromatic carbocycles. The van der Waals surface area contributed by atoms with Gasteiger partial charge in [-0.3, -0.25) is 14.7 Å². The zero-order valence-electron chi connectivity index (χ0n) is 17.0. The van der Waals surface area contributed by atoms with Crippen LogP contribution in [0.25, 0.3) is 0 Å². The summed E-state index contributed by atoms with van der Waals surface area (Å²) in [4.78, 5) is 42.1. The number of aromatic nitrogens is 3. The molecule has 0 saturated carbocycles. The van der Waals surface area contributed by atoms with Crippen molar-refractivity contribution in [1.82, 2.24) is 20.1 Å². The van der Waals surface area contributed by atoms with E-state index in [1.807, 2.05) is 6.92 Å². The predicted octanol–water partition coefficient (Wildman–Crippen LogP) is 1.90. The van der Waals surface area contributed by atoms with Crippen LogP contribution in [0.4, 0.5) is 0 Å². The minimum Gasteiger partial charge on any atom is -0.465 e. The molecule has 4 N–H and O–H groups in total. The fourth-order valence-corrected chi connectivity index (χ4v) is 4.10. The average Bonchev–Trinajstić information content (AvgIpc) is 3.32. The Hall–Kier alpha value is -3.10. The van der Waals surface area contributed by atoms with Crippen molar-refractivity contribution in [2.45, 2.75) is 45.4 Å². The summed E-state index contributed by atoms with van der Waals surface area (Å²) >= 11 is 0. The molecule has 1 aliphatic rings. The highest BCUT2D eigenvalue weighted by molar-refractivity contribution is 6.00. The van der Waals surface area contributed by atoms with E-state index in [1.54, 1.807) is 11.8 Å². The molecule has 0 aliphatic carbocycles. The van der Waals surface area contributed by atoms with Crippen molar-refractivity contribution in [2.75, 3.05) is 20.2 Å². The molecule has 2 amide bonds. The number of primary amides is 1. The molecule has 2 aromatic heterocycles. The molecule has 9 heteroatoms. The zero-order chi connectivity index (χ0) is 21.1. The summed E-state index contributed by atoms with van der Waals surface area (Å²) in [6.07, 6.45) is 4.43. The van der Waals surface area contributed by atoms with Crippen molar-refractivity contribution < 1.29 is 19.1 Å². The van der Waals surface area contributed by atoms with Crippen LogP contribution in [-0.2, 0) is 11.2 Å². The van der Waals surface area contributed by atoms with Crippen LogP contribution in [0.15, 0.2) is 6.20 Å². The first-order valence-electron chi connectivity index (χ1n) is 9.81. The summed E-state index contributed by atoms with van der Waals surface area (Å²) in [6, 6.07) is 0. The molecule has 3 rings (SSSR count). The van der Waals surface area contributed by atoms with Gasteiger partial charge in [0.05, 0.1) is 30.1 Å². The van der Waals surface area contributed by atoms with Crippen LogP contribution in [0.2, 0.25) is 0 Å². The number of carbonyl (C=O) groups excluding carboxylic acids is 3. The predicted molar refractivity (Wildman–Crippen MR) is 106 cm³/mol. The molecule has 0 unspecified atom stereocenters. The van der Waals surface area contributed by atoms with Crippen LogP contribution >= 0.6 is 0 Å². The van der Waals surface area contributed by atoms with Gasteiger partial charge in [-0.15, -0.1) is 0 Å². The lowest BCUT2D eigenvalue weighted by atomic mass is 9.92. The molecule has 1 saturated heterocycles. The van der Waals surface area contributed by atoms with E-state index in [2.05, 4.69) is 15.2 Å². The van der Waals surface area contributed by atoms with Crippen molar-refractivity contribution >= 4 is 17.8 Å². The minimum atomic E-state index is -0.537. The molecule has 156 valence electrons. The van der Waals surface area contributed by atoms with Crippen LogP contribution in [0, 0.1) is 6.92 Å². The smallest absolute Gasteiger partial charge is 0.339 e. The molecule has 3 heterocycles. The summed E-state index contributed by atoms with van der Waals surface area (Å²) in [7, 11) is 1.34. The van der Waals surface area contributed by atoms with E-state index in [4.69, 9.17) is 10.5 Å². The summed E-state index contributed by atoms with van der Waals surface area (Å²) in [5, 5.41) is 6.81. The molecule has 0 radical (unpaired) electrons. The van der Waals surface area contributed by atoms with E-state index in [1.165, 1.54) is 13.3 Å². The van der Waals surface area contributed by atoms with E-state index in [9.17, 15) is 14.4 Å². The molecule has 0 spiro atoms. The van der Waals surface area contributed by atoms with Gasteiger partial charge in [0.1, 0.15) is 5.69 Å². The average molecular weight is 401 g/mol. The summed E-state index contributed by atoms with van der Waals surface area (Å²) < 4.78 is 4.91. The Morgan fingerprint density at radius 1 is 1.38 bits per heavy atom. The number of amides is 2. The number of aromatic amines is 2. The fraction of sp³-hybridized carbons (Fsp3) is 0.500. The van der Waals surface area contributed by atoms with Crippen molar-refractivity contribution in [2.24, 2.45) is 5.73 Å². The third kappa shape index (κ3) is 3.90. The lowest BCUT2D eigenvalue weighted by Gasteiger charge is -2.32. The van der Waals surface area contributed by atoms with Crippen molar-refractivity contribution in [1.29, 1.82) is 0 Å². The summed E-state index contributed by atoms with van der Waals surface area (Å²) in [5.74, 6) is -1.19. The van der Waals surface area contributed by atoms with E-state index in [0.717, 1.165) is 19.3 Å². The van der Waals surface area contributed by atoms with E-state index >= 15 is 0 Å². The number of H-pyrrole nitrogens is 2. The van der Waals surface area contributed by atoms with Gasteiger partial charge in [0, 0.05) is 24.7 Å². The number of aryl methyl sites for hydroxylation is 1. The topological polar surface area (TPSA) is 134 Å². The Labute approximate surface area is 169 Å². The first-order valence-corrected chi connectivity index (χ1v) is 9.81. The lowest BCUT2D eigenvalue weighted by molar-refractivity contribution is 0.0598. The maximum atomic E-state index is 13.3. The Morgan fingerprint density at radius 2 is 2.14 bits per heavy atom. The second kappa shape index (κ2) is 8.50. The number of esters is 1. The number of hydrogen-bond acceptors (Lipinski definition) is 5. The number of nitrogens with zero attached hydrogens (tertiary/aromatic N) is 2. The maximum Gasteiger partial charge on any atom is 0.339 e. The molecule has 2 aromatic rings. The van der Waals surface area contributed by atoms with E-state index in [0.29, 0.717) is 53.3 Å². The first-order chi connectivity index (χ1) is 13.9. The molecule has 1 atom stereocenters. The number of nitrogens with two attached hydrogens (primary N) is 1. The van der Waals surface area contributed by atoms with Gasteiger partial charge < -0.3 is 20.4 Å². The normalized spacial score (nSPS) is 16.7. The second-order valence-corrected chi connectivity index (χ2v) is 7.37. The van der Waals surface area contributed by atoms with Gasteiger partial charge >= 0.3 is 5.97 Å². The van der Waals surface area contributed by atoms with Crippen molar-refractivity contribution in [3.63, 3.8) is 0 Å². The molecule has 0 bridgehead atoms. The number of ether oxygens (including phenoxy) is 1. The zero-order valence-corrected chi connectivity index (χ0v) is 17.0. The minimum absolute atomic E-state index is 0.0524. The van der Waals surface area contributed by atoms with E-state index < -0.39 is 11.9 Å². The Balaban J connectivity index is 1.89. The number of methoxy groups -OCH3 is 1. The number of carbonyl (C=O) groups is 3. The number of likely N-dealkylation sites (tertiary alicyclic amines) is 1. The van der Waals surface area contributed by atoms with Gasteiger partial charge in [0.2, 0.25) is 0 Å². The highest BCUT2D eigenvalue weighted by Gasteiger charge is 2.32. The van der Waals surface area contributed by atoms with Crippen LogP contribution < -0.4 is 5.73 Å². The largest absolute Gasteiger partial charge is 0.465 e. The fourth-order valence-electron chi connectivity index (χ4n) is 4.10. The van der Waals surface area contributed by atoms with Gasteiger partial charge in [-0.05, 0) is 31.7 Å². The SMILES string of the molecule is CCCc1c(C(=O)N2CCC[C@@H](c3[nH]ncc3C(N)=O)C2)[nH]c(C)c1C(=O)OC. The standard InChI is InChI=1S/C20H27N5O4/c1-4-6-13-15(20(28)29-3)11(2)23-17(13)19(27)25-8-5-7-12(10-25)16-14(18(21)26)9-22-24-16/h9,12,23H,4-8,10H2,1-3H3,(H2,21,26)(H,22,24)/t12-/m1/s1. The van der Waals surface area contributed by atoms with E-state index in [-0.39, 0.29) is 11.8 Å². The number of hydrogen-bond donors (Lipinski definition) is 3. The Kier molecular flexibility index (Phi) is 6.05. The molecule has 29 heavy (non-hydrogen) atoms. The molecule has 9 nitrogen and oxygen atoms in total. The summed E-state index contributed by atoms with van der Waals surface area (Å²) in [5.41, 5.74) is 8.67. The lowest BCUT2D eigenvalue weighted by Crippen LogP contribution is -2.40. The molecular weight excluding hydrogens is 374 g/mol. The van der Waals surface area contributed by atoms with Gasteiger partial charge in [0.25, 0.3) is 11.8 Å². The van der Waals surface area contributed by atoms with Gasteiger partial charge in [-0.25, -0.2) is 4.79 Å². The summed E-state index contributed by atoms with van der Waals surface area (Å²) in [6.45, 7) is 4.81. The van der Waals surface area contributed by atoms with Crippen molar-refractivity contribution in [3.05, 3.63) is 40.0 Å². The Bertz CT molecular complexity index is 929. The van der Waals surface area contributed by atoms with Crippen molar-refractivity contribution in [3.8, 4) is 0 Å². The van der Waals surface area contributed by atoms with Crippen LogP contribution in [0.1, 0.15) is 80.3 Å². The third-order valence-corrected chi connectivity index (χ3v) is 5.45. The number of piperidine rings is 1. The van der Waals surface area contributed by atoms with Gasteiger partial charge in [0.15, 0.2) is 0 Å². The van der Waals surface area contributed by atoms with Gasteiger partial charge in [-0.2, -0.15) is 5.10 Å². The molecular formula is C20H27N5O4. The third-order valence-electron chi connectivity index (χ3n) is 5.45. The quantitative estimate of drug-likeness (QED) is 0.636. The Morgan fingerprint density at radius 3 is 2.79 bits per heavy atom. The van der Waals surface area contributed by atoms with Crippen LogP contribution in [-0.4, -0.2) is 58.1 Å². The monoisotopic (exact) mass is 401 g/mol. The number of nitrogens with one attached hydrogen (secondary N) is 2. The molecule has 1 aliphatic heterocycles. The van der Waals surface area contributed by atoms with Crippen LogP contribution in [0.3, 0.4) is 0 Å². The highest BCUT2D eigenvalue weighted by atomic mass is 16.5. The maximum absolute atomic E-state index is 13.3. The first kappa shape index (κ1) is 20.6. The van der Waals surface area contributed by atoms with Gasteiger partial charge in [-0.1, -0.05) is 13.3 Å². The second-order valence-electron chi connectivity index (χ2n) is 7.37.